The number of methoxy groups -OCH3 is 2. The molecule has 1 aromatic heterocycles. The highest BCUT2D eigenvalue weighted by Gasteiger charge is 2.78. The second-order valence-corrected chi connectivity index (χ2v) is 9.79. The number of halogens is 2. The monoisotopic (exact) mass is 554 g/mol. The van der Waals surface area contributed by atoms with E-state index in [4.69, 9.17) is 25.8 Å². The maximum atomic E-state index is 13.3. The molecular formula is C26H20BrClN2O5. The summed E-state index contributed by atoms with van der Waals surface area (Å²) in [5, 5.41) is 23.3. The highest BCUT2D eigenvalue weighted by molar-refractivity contribution is 9.10. The first-order valence-corrected chi connectivity index (χ1v) is 11.9. The van der Waals surface area contributed by atoms with Crippen molar-refractivity contribution in [3.8, 4) is 17.7 Å². The van der Waals surface area contributed by atoms with Crippen LogP contribution >= 0.6 is 27.5 Å². The quantitative estimate of drug-likeness (QED) is 0.368. The number of pyridine rings is 1. The van der Waals surface area contributed by atoms with Gasteiger partial charge in [0.25, 0.3) is 0 Å². The summed E-state index contributed by atoms with van der Waals surface area (Å²) >= 11 is 9.70. The molecule has 1 aliphatic carbocycles. The normalized spacial score (nSPS) is 28.4. The van der Waals surface area contributed by atoms with Gasteiger partial charge in [-0.05, 0) is 23.3 Å². The second kappa shape index (κ2) is 8.52. The summed E-state index contributed by atoms with van der Waals surface area (Å²) in [6.07, 6.45) is 0. The lowest BCUT2D eigenvalue weighted by Gasteiger charge is -2.40. The van der Waals surface area contributed by atoms with Gasteiger partial charge in [0, 0.05) is 16.5 Å². The van der Waals surface area contributed by atoms with Gasteiger partial charge >= 0.3 is 5.97 Å². The van der Waals surface area contributed by atoms with Crippen LogP contribution < -0.4 is 9.47 Å². The van der Waals surface area contributed by atoms with Crippen LogP contribution in [-0.4, -0.2) is 30.3 Å². The largest absolute Gasteiger partial charge is 0.481 e. The molecule has 1 N–H and O–H groups in total. The zero-order valence-electron chi connectivity index (χ0n) is 18.7. The number of rotatable bonds is 4. The number of ether oxygens (including phenoxy) is 3. The summed E-state index contributed by atoms with van der Waals surface area (Å²) in [5.41, 5.74) is -2.19. The first kappa shape index (κ1) is 23.6. The molecule has 7 nitrogen and oxygen atoms in total. The summed E-state index contributed by atoms with van der Waals surface area (Å²) in [6, 6.07) is 20.1. The van der Waals surface area contributed by atoms with E-state index in [9.17, 15) is 15.2 Å². The van der Waals surface area contributed by atoms with Gasteiger partial charge in [-0.25, -0.2) is 4.98 Å². The molecule has 0 radical (unpaired) electrons. The maximum absolute atomic E-state index is 13.3. The Morgan fingerprint density at radius 2 is 1.89 bits per heavy atom. The Labute approximate surface area is 215 Å². The van der Waals surface area contributed by atoms with Gasteiger partial charge in [0.05, 0.1) is 37.7 Å². The Hall–Kier alpha value is -3.12. The number of nitrogens with zero attached hydrogens (tertiary/aromatic N) is 2. The van der Waals surface area contributed by atoms with Gasteiger partial charge < -0.3 is 19.3 Å². The van der Waals surface area contributed by atoms with Crippen molar-refractivity contribution in [2.75, 3.05) is 14.2 Å². The fraction of sp³-hybridized carbons (Fsp3) is 0.269. The van der Waals surface area contributed by atoms with Crippen molar-refractivity contribution in [3.63, 3.8) is 0 Å². The summed E-state index contributed by atoms with van der Waals surface area (Å²) in [5.74, 6) is -3.50. The number of hydrogen-bond acceptors (Lipinski definition) is 7. The molecule has 1 saturated carbocycles. The highest BCUT2D eigenvalue weighted by atomic mass is 79.9. The minimum atomic E-state index is -2.03. The van der Waals surface area contributed by atoms with Crippen molar-refractivity contribution in [1.82, 2.24) is 4.98 Å². The molecule has 1 aliphatic heterocycles. The topological polar surface area (TPSA) is 102 Å². The molecule has 178 valence electrons. The molecule has 0 saturated heterocycles. The number of fused-ring (bicyclic) bond motifs is 3. The summed E-state index contributed by atoms with van der Waals surface area (Å²) in [7, 11) is 2.66. The number of carbonyl (C=O) groups is 1. The third kappa shape index (κ3) is 3.12. The zero-order chi connectivity index (χ0) is 25.0. The van der Waals surface area contributed by atoms with E-state index in [1.165, 1.54) is 20.3 Å². The van der Waals surface area contributed by atoms with Crippen LogP contribution in [0.4, 0.5) is 0 Å². The van der Waals surface area contributed by atoms with Gasteiger partial charge in [0.1, 0.15) is 10.9 Å². The molecule has 1 fully saturated rings. The van der Waals surface area contributed by atoms with E-state index in [-0.39, 0.29) is 22.3 Å². The molecule has 9 heteroatoms. The van der Waals surface area contributed by atoms with Crippen molar-refractivity contribution >= 4 is 33.5 Å². The van der Waals surface area contributed by atoms with Crippen molar-refractivity contribution in [3.05, 3.63) is 87.0 Å². The third-order valence-electron chi connectivity index (χ3n) is 6.98. The standard InChI is InChI=1S/C26H20BrClN2O5/c1-33-23-22-18(12-19(28)30-23)35-26(15-8-10-16(27)11-9-15)21(14-6-4-3-5-7-14)20(24(31)34-2)17(13-29)25(22,26)32/h3-12,17,20-21,32H,1-2H3/t17?,20-,21+,25+,26-/m0/s1. The average Bonchev–Trinajstić information content (AvgIpc) is 3.25. The van der Waals surface area contributed by atoms with Crippen molar-refractivity contribution in [2.24, 2.45) is 11.8 Å². The van der Waals surface area contributed by atoms with E-state index in [1.807, 2.05) is 42.5 Å². The van der Waals surface area contributed by atoms with Gasteiger partial charge in [-0.1, -0.05) is 70.0 Å². The van der Waals surface area contributed by atoms with E-state index in [2.05, 4.69) is 27.0 Å². The summed E-state index contributed by atoms with van der Waals surface area (Å²) in [4.78, 5) is 17.5. The SMILES string of the molecule is COC(=O)[C@H]1C(C#N)[C@@]2(O)c3c(cc(Cl)nc3OC)O[C@@]2(c2ccc(Br)cc2)[C@@H]1c1ccccc1. The van der Waals surface area contributed by atoms with Crippen LogP contribution in [0, 0.1) is 23.2 Å². The number of esters is 1. The predicted molar refractivity (Wildman–Crippen MR) is 130 cm³/mol. The minimum Gasteiger partial charge on any atom is -0.481 e. The third-order valence-corrected chi connectivity index (χ3v) is 7.70. The molecular weight excluding hydrogens is 536 g/mol. The van der Waals surface area contributed by atoms with Crippen molar-refractivity contribution in [2.45, 2.75) is 17.1 Å². The molecule has 35 heavy (non-hydrogen) atoms. The average molecular weight is 556 g/mol. The number of nitriles is 1. The van der Waals surface area contributed by atoms with Crippen LogP contribution in [0.2, 0.25) is 5.15 Å². The highest BCUT2D eigenvalue weighted by Crippen LogP contribution is 2.71. The molecule has 0 amide bonds. The number of hydrogen-bond donors (Lipinski definition) is 1. The van der Waals surface area contributed by atoms with Gasteiger partial charge in [0.15, 0.2) is 11.2 Å². The van der Waals surface area contributed by atoms with Gasteiger partial charge in [-0.3, -0.25) is 4.79 Å². The van der Waals surface area contributed by atoms with E-state index in [0.29, 0.717) is 11.1 Å². The lowest BCUT2D eigenvalue weighted by atomic mass is 9.70. The number of carbonyl (C=O) groups excluding carboxylic acids is 1. The molecule has 2 aromatic carbocycles. The molecule has 5 atom stereocenters. The Morgan fingerprint density at radius 3 is 2.49 bits per heavy atom. The van der Waals surface area contributed by atoms with Crippen LogP contribution in [0.25, 0.3) is 0 Å². The van der Waals surface area contributed by atoms with Crippen LogP contribution in [0.1, 0.15) is 22.6 Å². The lowest BCUT2D eigenvalue weighted by molar-refractivity contribution is -0.148. The number of aromatic nitrogens is 1. The smallest absolute Gasteiger partial charge is 0.310 e. The first-order valence-electron chi connectivity index (χ1n) is 10.8. The fourth-order valence-electron chi connectivity index (χ4n) is 5.72. The molecule has 5 rings (SSSR count). The van der Waals surface area contributed by atoms with Crippen LogP contribution in [0.3, 0.4) is 0 Å². The van der Waals surface area contributed by atoms with Gasteiger partial charge in [-0.2, -0.15) is 5.26 Å². The van der Waals surface area contributed by atoms with E-state index >= 15 is 0 Å². The maximum Gasteiger partial charge on any atom is 0.310 e. The van der Waals surface area contributed by atoms with Gasteiger partial charge in [-0.15, -0.1) is 0 Å². The van der Waals surface area contributed by atoms with Crippen molar-refractivity contribution < 1.29 is 24.1 Å². The number of aliphatic hydroxyl groups is 1. The molecule has 0 spiro atoms. The number of benzene rings is 2. The Morgan fingerprint density at radius 1 is 1.20 bits per heavy atom. The molecule has 1 unspecified atom stereocenters. The van der Waals surface area contributed by atoms with Gasteiger partial charge in [0.2, 0.25) is 5.88 Å². The van der Waals surface area contributed by atoms with E-state index in [1.54, 1.807) is 12.1 Å². The minimum absolute atomic E-state index is 0.0200. The van der Waals surface area contributed by atoms with Crippen molar-refractivity contribution in [1.29, 1.82) is 5.26 Å². The molecule has 3 aromatic rings. The Bertz CT molecular complexity index is 1350. The zero-order valence-corrected chi connectivity index (χ0v) is 21.1. The fourth-order valence-corrected chi connectivity index (χ4v) is 6.16. The summed E-state index contributed by atoms with van der Waals surface area (Å²) < 4.78 is 18.1. The lowest BCUT2D eigenvalue weighted by Crippen LogP contribution is -2.50. The molecule has 2 aliphatic rings. The first-order chi connectivity index (χ1) is 16.8. The molecule has 2 heterocycles. The Kier molecular flexibility index (Phi) is 5.75. The van der Waals surface area contributed by atoms with Crippen LogP contribution in [0.15, 0.2) is 65.1 Å². The molecule has 0 bridgehead atoms. The second-order valence-electron chi connectivity index (χ2n) is 8.48. The Balaban J connectivity index is 1.93. The predicted octanol–water partition coefficient (Wildman–Crippen LogP) is 4.71. The van der Waals surface area contributed by atoms with Crippen LogP contribution in [0.5, 0.6) is 11.6 Å². The van der Waals surface area contributed by atoms with E-state index < -0.39 is 34.9 Å². The van der Waals surface area contributed by atoms with Crippen LogP contribution in [-0.2, 0) is 20.7 Å². The van der Waals surface area contributed by atoms with E-state index in [0.717, 1.165) is 4.47 Å². The summed E-state index contributed by atoms with van der Waals surface area (Å²) in [6.45, 7) is 0.